The molecule has 4 nitrogen and oxygen atoms in total. The summed E-state index contributed by atoms with van der Waals surface area (Å²) in [5, 5.41) is 19.3. The van der Waals surface area contributed by atoms with Crippen LogP contribution in [0.4, 0.5) is 0 Å². The molecule has 1 saturated carbocycles. The van der Waals surface area contributed by atoms with E-state index in [4.69, 9.17) is 0 Å². The van der Waals surface area contributed by atoms with Gasteiger partial charge in [-0.05, 0) is 50.8 Å². The summed E-state index contributed by atoms with van der Waals surface area (Å²) in [4.78, 5) is 5.22. The minimum absolute atomic E-state index is 0.274. The molecule has 1 saturated heterocycles. The van der Waals surface area contributed by atoms with Gasteiger partial charge in [0.05, 0.1) is 0 Å². The first-order valence-corrected chi connectivity index (χ1v) is 10.9. The van der Waals surface area contributed by atoms with Crippen LogP contribution in [-0.2, 0) is 6.54 Å². The lowest BCUT2D eigenvalue weighted by Gasteiger charge is -2.46. The zero-order valence-corrected chi connectivity index (χ0v) is 17.5. The molecule has 0 bridgehead atoms. The van der Waals surface area contributed by atoms with E-state index in [-0.39, 0.29) is 6.61 Å². The van der Waals surface area contributed by atoms with Crippen LogP contribution in [0.1, 0.15) is 63.5 Å². The third-order valence-corrected chi connectivity index (χ3v) is 5.99. The molecule has 1 atom stereocenters. The number of rotatable bonds is 5. The highest BCUT2D eigenvalue weighted by molar-refractivity contribution is 5.37. The molecule has 0 unspecified atom stereocenters. The second kappa shape index (κ2) is 9.89. The normalized spacial score (nSPS) is 22.6. The van der Waals surface area contributed by atoms with Crippen LogP contribution in [0, 0.1) is 11.8 Å². The maximum absolute atomic E-state index is 9.73. The van der Waals surface area contributed by atoms with Crippen molar-refractivity contribution in [2.45, 2.75) is 76.6 Å². The average Bonchev–Trinajstić information content (AvgIpc) is 2.68. The lowest BCUT2D eigenvalue weighted by atomic mass is 9.91. The van der Waals surface area contributed by atoms with Gasteiger partial charge in [-0.3, -0.25) is 9.80 Å². The van der Waals surface area contributed by atoms with E-state index in [9.17, 15) is 10.2 Å². The van der Waals surface area contributed by atoms with Gasteiger partial charge in [0.25, 0.3) is 0 Å². The van der Waals surface area contributed by atoms with Crippen molar-refractivity contribution in [1.29, 1.82) is 0 Å². The van der Waals surface area contributed by atoms with Crippen LogP contribution in [0.15, 0.2) is 24.3 Å². The van der Waals surface area contributed by atoms with Crippen molar-refractivity contribution >= 4 is 0 Å². The summed E-state index contributed by atoms with van der Waals surface area (Å²) in [6, 6.07) is 9.56. The second-order valence-corrected chi connectivity index (χ2v) is 8.94. The monoisotopic (exact) mass is 384 g/mol. The molecule has 0 aromatic heterocycles. The van der Waals surface area contributed by atoms with E-state index in [0.717, 1.165) is 44.2 Å². The van der Waals surface area contributed by atoms with Crippen molar-refractivity contribution in [3.05, 3.63) is 35.4 Å². The van der Waals surface area contributed by atoms with Crippen molar-refractivity contribution < 1.29 is 10.2 Å². The third-order valence-electron chi connectivity index (χ3n) is 5.99. The summed E-state index contributed by atoms with van der Waals surface area (Å²) in [5.74, 6) is 5.89. The Morgan fingerprint density at radius 3 is 2.43 bits per heavy atom. The number of piperazine rings is 1. The summed E-state index contributed by atoms with van der Waals surface area (Å²) in [5.41, 5.74) is 1.27. The van der Waals surface area contributed by atoms with Crippen LogP contribution in [-0.4, -0.2) is 63.9 Å². The van der Waals surface area contributed by atoms with Gasteiger partial charge >= 0.3 is 0 Å². The SMILES string of the molecule is CC(C)(O)C#Cc1ccc(CN2CCN(C3CCCCC3)[C@@H](CCO)C2)cc1. The first-order chi connectivity index (χ1) is 13.4. The summed E-state index contributed by atoms with van der Waals surface area (Å²) in [7, 11) is 0. The van der Waals surface area contributed by atoms with Gasteiger partial charge in [-0.15, -0.1) is 0 Å². The van der Waals surface area contributed by atoms with E-state index in [1.54, 1.807) is 13.8 Å². The van der Waals surface area contributed by atoms with Crippen LogP contribution in [0.5, 0.6) is 0 Å². The molecule has 4 heteroatoms. The Hall–Kier alpha value is -1.38. The molecule has 2 aliphatic rings. The number of benzene rings is 1. The minimum atomic E-state index is -0.960. The molecule has 2 fully saturated rings. The molecule has 28 heavy (non-hydrogen) atoms. The van der Waals surface area contributed by atoms with E-state index in [1.807, 2.05) is 12.1 Å². The molecule has 1 aliphatic carbocycles. The van der Waals surface area contributed by atoms with Gasteiger partial charge in [0, 0.05) is 50.4 Å². The summed E-state index contributed by atoms with van der Waals surface area (Å²) in [6.45, 7) is 7.87. The fourth-order valence-corrected chi connectivity index (χ4v) is 4.55. The lowest BCUT2D eigenvalue weighted by molar-refractivity contribution is 0.0137. The number of hydrogen-bond donors (Lipinski definition) is 2. The Morgan fingerprint density at radius 2 is 1.79 bits per heavy atom. The molecule has 0 radical (unpaired) electrons. The molecule has 1 aromatic carbocycles. The highest BCUT2D eigenvalue weighted by Crippen LogP contribution is 2.27. The smallest absolute Gasteiger partial charge is 0.120 e. The van der Waals surface area contributed by atoms with E-state index in [1.165, 1.54) is 37.7 Å². The van der Waals surface area contributed by atoms with E-state index < -0.39 is 5.60 Å². The van der Waals surface area contributed by atoms with E-state index in [2.05, 4.69) is 33.8 Å². The standard InChI is InChI=1S/C24H36N2O2/c1-24(2,28)14-12-20-8-10-21(11-9-20)18-25-15-16-26(23(19-25)13-17-27)22-6-4-3-5-7-22/h8-11,22-23,27-28H,3-7,13,15-19H2,1-2H3/t23-/m0/s1. The van der Waals surface area contributed by atoms with Crippen LogP contribution in [0.25, 0.3) is 0 Å². The molecule has 2 N–H and O–H groups in total. The number of nitrogens with zero attached hydrogens (tertiary/aromatic N) is 2. The Labute approximate surface area is 170 Å². The Morgan fingerprint density at radius 1 is 1.07 bits per heavy atom. The highest BCUT2D eigenvalue weighted by atomic mass is 16.3. The van der Waals surface area contributed by atoms with E-state index in [0.29, 0.717) is 6.04 Å². The maximum Gasteiger partial charge on any atom is 0.120 e. The quantitative estimate of drug-likeness (QED) is 0.766. The average molecular weight is 385 g/mol. The van der Waals surface area contributed by atoms with Gasteiger partial charge in [-0.2, -0.15) is 0 Å². The lowest BCUT2D eigenvalue weighted by Crippen LogP contribution is -2.56. The molecule has 1 aromatic rings. The molecule has 154 valence electrons. The highest BCUT2D eigenvalue weighted by Gasteiger charge is 2.32. The topological polar surface area (TPSA) is 46.9 Å². The zero-order chi connectivity index (χ0) is 20.0. The Balaban J connectivity index is 1.58. The van der Waals surface area contributed by atoms with Crippen molar-refractivity contribution in [2.24, 2.45) is 0 Å². The fraction of sp³-hybridized carbons (Fsp3) is 0.667. The van der Waals surface area contributed by atoms with Crippen molar-refractivity contribution in [1.82, 2.24) is 9.80 Å². The maximum atomic E-state index is 9.73. The first-order valence-electron chi connectivity index (χ1n) is 10.9. The summed E-state index contributed by atoms with van der Waals surface area (Å²) in [6.07, 6.45) is 7.64. The Bertz CT molecular complexity index is 663. The predicted octanol–water partition coefficient (Wildman–Crippen LogP) is 3.01. The third kappa shape index (κ3) is 6.32. The van der Waals surface area contributed by atoms with Gasteiger partial charge in [-0.25, -0.2) is 0 Å². The molecule has 0 spiro atoms. The minimum Gasteiger partial charge on any atom is -0.396 e. The zero-order valence-electron chi connectivity index (χ0n) is 17.5. The molecule has 1 heterocycles. The van der Waals surface area contributed by atoms with Crippen LogP contribution in [0.2, 0.25) is 0 Å². The molecule has 1 aliphatic heterocycles. The molecular weight excluding hydrogens is 348 g/mol. The summed E-state index contributed by atoms with van der Waals surface area (Å²) < 4.78 is 0. The molecular formula is C24H36N2O2. The number of hydrogen-bond acceptors (Lipinski definition) is 4. The van der Waals surface area contributed by atoms with Crippen LogP contribution < -0.4 is 0 Å². The van der Waals surface area contributed by atoms with Gasteiger partial charge in [-0.1, -0.05) is 43.2 Å². The fourth-order valence-electron chi connectivity index (χ4n) is 4.55. The molecule has 3 rings (SSSR count). The van der Waals surface area contributed by atoms with Crippen molar-refractivity contribution in [3.63, 3.8) is 0 Å². The number of aliphatic hydroxyl groups is 2. The van der Waals surface area contributed by atoms with Crippen LogP contribution >= 0.6 is 0 Å². The van der Waals surface area contributed by atoms with Crippen molar-refractivity contribution in [3.8, 4) is 11.8 Å². The van der Waals surface area contributed by atoms with Gasteiger partial charge in [0.15, 0.2) is 0 Å². The van der Waals surface area contributed by atoms with Crippen LogP contribution in [0.3, 0.4) is 0 Å². The summed E-state index contributed by atoms with van der Waals surface area (Å²) >= 11 is 0. The van der Waals surface area contributed by atoms with Gasteiger partial charge in [0.2, 0.25) is 0 Å². The van der Waals surface area contributed by atoms with Gasteiger partial charge in [0.1, 0.15) is 5.60 Å². The number of aliphatic hydroxyl groups excluding tert-OH is 1. The first kappa shape index (κ1) is 21.3. The Kier molecular flexibility index (Phi) is 7.54. The second-order valence-electron chi connectivity index (χ2n) is 8.94. The predicted molar refractivity (Wildman–Crippen MR) is 114 cm³/mol. The molecule has 0 amide bonds. The van der Waals surface area contributed by atoms with E-state index >= 15 is 0 Å². The van der Waals surface area contributed by atoms with Crippen molar-refractivity contribution in [2.75, 3.05) is 26.2 Å². The largest absolute Gasteiger partial charge is 0.396 e. The van der Waals surface area contributed by atoms with Gasteiger partial charge < -0.3 is 10.2 Å².